The molecule has 0 aromatic carbocycles. The van der Waals surface area contributed by atoms with E-state index in [1.54, 1.807) is 0 Å². The minimum Gasteiger partial charge on any atom is -0.355 e. The molecular weight excluding hydrogens is 222 g/mol. The molecule has 3 amide bonds. The minimum atomic E-state index is -0.262. The van der Waals surface area contributed by atoms with Crippen molar-refractivity contribution in [2.24, 2.45) is 11.8 Å². The Morgan fingerprint density at radius 1 is 1.12 bits per heavy atom. The zero-order valence-electron chi connectivity index (χ0n) is 9.62. The van der Waals surface area contributed by atoms with Crippen molar-refractivity contribution in [1.82, 2.24) is 16.0 Å². The number of amides is 3. The summed E-state index contributed by atoms with van der Waals surface area (Å²) in [6.07, 6.45) is 2.22. The number of nitrogens with one attached hydrogen (secondary N) is 3. The Kier molecular flexibility index (Phi) is 3.61. The van der Waals surface area contributed by atoms with Gasteiger partial charge in [0.1, 0.15) is 0 Å². The summed E-state index contributed by atoms with van der Waals surface area (Å²) in [4.78, 5) is 33.7. The summed E-state index contributed by atoms with van der Waals surface area (Å²) in [6, 6.07) is 0. The molecular formula is C11H17N3O3. The Bertz CT molecular complexity index is 339. The van der Waals surface area contributed by atoms with Crippen LogP contribution in [-0.2, 0) is 14.4 Å². The first-order valence-electron chi connectivity index (χ1n) is 5.99. The topological polar surface area (TPSA) is 87.3 Å². The van der Waals surface area contributed by atoms with Crippen LogP contribution in [-0.4, -0.2) is 37.4 Å². The van der Waals surface area contributed by atoms with Crippen LogP contribution in [0.5, 0.6) is 0 Å². The second kappa shape index (κ2) is 5.16. The Hall–Kier alpha value is -1.59. The van der Waals surface area contributed by atoms with Gasteiger partial charge in [-0.05, 0) is 12.8 Å². The highest BCUT2D eigenvalue weighted by Gasteiger charge is 2.29. The van der Waals surface area contributed by atoms with E-state index in [0.29, 0.717) is 19.6 Å². The molecule has 1 saturated carbocycles. The molecule has 2 aliphatic rings. The third-order valence-electron chi connectivity index (χ3n) is 3.02. The molecule has 0 radical (unpaired) electrons. The summed E-state index contributed by atoms with van der Waals surface area (Å²) in [5.74, 6) is -0.183. The van der Waals surface area contributed by atoms with Crippen LogP contribution in [0.1, 0.15) is 19.3 Å². The van der Waals surface area contributed by atoms with Gasteiger partial charge in [0, 0.05) is 32.0 Å². The maximum Gasteiger partial charge on any atom is 0.225 e. The Labute approximate surface area is 99.5 Å². The van der Waals surface area contributed by atoms with Crippen molar-refractivity contribution in [2.45, 2.75) is 19.3 Å². The second-order valence-electron chi connectivity index (χ2n) is 4.56. The molecule has 0 aromatic rings. The molecule has 1 aliphatic carbocycles. The quantitative estimate of drug-likeness (QED) is 0.525. The molecule has 1 unspecified atom stereocenters. The van der Waals surface area contributed by atoms with E-state index >= 15 is 0 Å². The van der Waals surface area contributed by atoms with Crippen LogP contribution >= 0.6 is 0 Å². The molecule has 1 saturated heterocycles. The van der Waals surface area contributed by atoms with Crippen LogP contribution in [0, 0.1) is 11.8 Å². The molecule has 2 rings (SSSR count). The van der Waals surface area contributed by atoms with Gasteiger partial charge in [0.05, 0.1) is 5.92 Å². The fourth-order valence-electron chi connectivity index (χ4n) is 1.80. The molecule has 3 N–H and O–H groups in total. The van der Waals surface area contributed by atoms with Crippen molar-refractivity contribution in [1.29, 1.82) is 0 Å². The van der Waals surface area contributed by atoms with E-state index in [1.807, 2.05) is 0 Å². The van der Waals surface area contributed by atoms with E-state index in [4.69, 9.17) is 0 Å². The molecule has 17 heavy (non-hydrogen) atoms. The number of rotatable bonds is 5. The third kappa shape index (κ3) is 3.44. The first kappa shape index (κ1) is 11.9. The van der Waals surface area contributed by atoms with Gasteiger partial charge in [0.15, 0.2) is 0 Å². The van der Waals surface area contributed by atoms with Crippen molar-refractivity contribution >= 4 is 17.7 Å². The van der Waals surface area contributed by atoms with E-state index in [-0.39, 0.29) is 36.0 Å². The van der Waals surface area contributed by atoms with Crippen LogP contribution in [0.2, 0.25) is 0 Å². The lowest BCUT2D eigenvalue weighted by Gasteiger charge is -2.09. The van der Waals surface area contributed by atoms with Gasteiger partial charge in [-0.25, -0.2) is 0 Å². The van der Waals surface area contributed by atoms with Crippen LogP contribution in [0.15, 0.2) is 0 Å². The van der Waals surface area contributed by atoms with Crippen molar-refractivity contribution in [2.75, 3.05) is 19.6 Å². The van der Waals surface area contributed by atoms with Crippen LogP contribution in [0.4, 0.5) is 0 Å². The third-order valence-corrected chi connectivity index (χ3v) is 3.02. The summed E-state index contributed by atoms with van der Waals surface area (Å²) in [5.41, 5.74) is 0. The molecule has 94 valence electrons. The van der Waals surface area contributed by atoms with Gasteiger partial charge in [-0.15, -0.1) is 0 Å². The number of hydrogen-bond donors (Lipinski definition) is 3. The SMILES string of the molecule is O=C1CC(C(=O)NCCNC(=O)C2CC2)CN1. The zero-order valence-corrected chi connectivity index (χ0v) is 9.62. The van der Waals surface area contributed by atoms with Gasteiger partial charge in [-0.1, -0.05) is 0 Å². The molecule has 0 aromatic heterocycles. The largest absolute Gasteiger partial charge is 0.355 e. The first-order valence-corrected chi connectivity index (χ1v) is 5.99. The molecule has 2 fully saturated rings. The van der Waals surface area contributed by atoms with Crippen LogP contribution < -0.4 is 16.0 Å². The number of carbonyl (C=O) groups is 3. The van der Waals surface area contributed by atoms with Gasteiger partial charge >= 0.3 is 0 Å². The molecule has 0 spiro atoms. The average molecular weight is 239 g/mol. The molecule has 6 heteroatoms. The van der Waals surface area contributed by atoms with Gasteiger partial charge in [0.25, 0.3) is 0 Å². The van der Waals surface area contributed by atoms with Gasteiger partial charge in [-0.3, -0.25) is 14.4 Å². The van der Waals surface area contributed by atoms with E-state index in [1.165, 1.54) is 0 Å². The van der Waals surface area contributed by atoms with Gasteiger partial charge < -0.3 is 16.0 Å². The van der Waals surface area contributed by atoms with Crippen molar-refractivity contribution in [3.8, 4) is 0 Å². The number of hydrogen-bond acceptors (Lipinski definition) is 3. The average Bonchev–Trinajstić information content (AvgIpc) is 3.07. The standard InChI is InChI=1S/C11H17N3O3/c15-9-5-8(6-14-9)11(17)13-4-3-12-10(16)7-1-2-7/h7-8H,1-6H2,(H,12,16)(H,13,17)(H,14,15). The molecule has 1 atom stereocenters. The van der Waals surface area contributed by atoms with Crippen molar-refractivity contribution in [3.63, 3.8) is 0 Å². The smallest absolute Gasteiger partial charge is 0.225 e. The summed E-state index contributed by atoms with van der Waals surface area (Å²) < 4.78 is 0. The highest BCUT2D eigenvalue weighted by Crippen LogP contribution is 2.28. The summed E-state index contributed by atoms with van der Waals surface area (Å²) in [6.45, 7) is 1.29. The predicted molar refractivity (Wildman–Crippen MR) is 59.9 cm³/mol. The molecule has 1 aliphatic heterocycles. The minimum absolute atomic E-state index is 0.0767. The van der Waals surface area contributed by atoms with E-state index < -0.39 is 0 Å². The lowest BCUT2D eigenvalue weighted by atomic mass is 10.1. The highest BCUT2D eigenvalue weighted by molar-refractivity contribution is 5.89. The summed E-state index contributed by atoms with van der Waals surface area (Å²) >= 11 is 0. The normalized spacial score (nSPS) is 23.1. The highest BCUT2D eigenvalue weighted by atomic mass is 16.2. The Morgan fingerprint density at radius 3 is 2.18 bits per heavy atom. The second-order valence-corrected chi connectivity index (χ2v) is 4.56. The predicted octanol–water partition coefficient (Wildman–Crippen LogP) is -1.24. The first-order chi connectivity index (χ1) is 8.16. The Balaban J connectivity index is 1.56. The zero-order chi connectivity index (χ0) is 12.3. The maximum atomic E-state index is 11.6. The van der Waals surface area contributed by atoms with Crippen LogP contribution in [0.3, 0.4) is 0 Å². The van der Waals surface area contributed by atoms with E-state index in [0.717, 1.165) is 12.8 Å². The van der Waals surface area contributed by atoms with Crippen molar-refractivity contribution in [3.05, 3.63) is 0 Å². The molecule has 6 nitrogen and oxygen atoms in total. The lowest BCUT2D eigenvalue weighted by molar-refractivity contribution is -0.126. The monoisotopic (exact) mass is 239 g/mol. The Morgan fingerprint density at radius 2 is 1.71 bits per heavy atom. The summed E-state index contributed by atoms with van der Waals surface area (Å²) in [5, 5.41) is 8.09. The van der Waals surface area contributed by atoms with Crippen LogP contribution in [0.25, 0.3) is 0 Å². The summed E-state index contributed by atoms with van der Waals surface area (Å²) in [7, 11) is 0. The van der Waals surface area contributed by atoms with Gasteiger partial charge in [0.2, 0.25) is 17.7 Å². The molecule has 1 heterocycles. The van der Waals surface area contributed by atoms with Gasteiger partial charge in [-0.2, -0.15) is 0 Å². The number of carbonyl (C=O) groups excluding carboxylic acids is 3. The van der Waals surface area contributed by atoms with E-state index in [2.05, 4.69) is 16.0 Å². The molecule has 0 bridgehead atoms. The lowest BCUT2D eigenvalue weighted by Crippen LogP contribution is -2.38. The van der Waals surface area contributed by atoms with Crippen molar-refractivity contribution < 1.29 is 14.4 Å². The fourth-order valence-corrected chi connectivity index (χ4v) is 1.80. The maximum absolute atomic E-state index is 11.6. The van der Waals surface area contributed by atoms with E-state index in [9.17, 15) is 14.4 Å². The fraction of sp³-hybridized carbons (Fsp3) is 0.727.